The molecule has 1 aromatic heterocycles. The second kappa shape index (κ2) is 7.83. The average molecular weight is 426 g/mol. The maximum atomic E-state index is 12.6. The number of thioether (sulfide) groups is 2. The number of nitrogens with one attached hydrogen (secondary N) is 2. The number of tetrazole rings is 1. The van der Waals surface area contributed by atoms with E-state index in [-0.39, 0.29) is 27.2 Å². The van der Waals surface area contributed by atoms with E-state index >= 15 is 0 Å². The second-order valence-corrected chi connectivity index (χ2v) is 8.77. The summed E-state index contributed by atoms with van der Waals surface area (Å²) in [6.45, 7) is 3.48. The Labute approximate surface area is 168 Å². The van der Waals surface area contributed by atoms with Crippen LogP contribution < -0.4 is 5.32 Å². The lowest BCUT2D eigenvalue weighted by Crippen LogP contribution is -2.70. The third-order valence-corrected chi connectivity index (χ3v) is 7.00. The molecule has 4 atom stereocenters. The fraction of sp³-hybridized carbons (Fsp3) is 0.500. The highest BCUT2D eigenvalue weighted by atomic mass is 32.2. The first-order valence-corrected chi connectivity index (χ1v) is 10.2. The normalized spacial score (nSPS) is 23.7. The zero-order valence-electron chi connectivity index (χ0n) is 14.2. The van der Waals surface area contributed by atoms with Gasteiger partial charge in [-0.15, -0.1) is 16.9 Å². The molecular weight excluding hydrogens is 410 g/mol. The number of β-lactam (4-membered cyclic amide) rings is 1. The molecule has 1 amide bonds. The minimum absolute atomic E-state index is 0.00600. The lowest BCUT2D eigenvalue weighted by molar-refractivity contribution is -0.148. The van der Waals surface area contributed by atoms with Gasteiger partial charge in [-0.05, 0) is 29.8 Å². The van der Waals surface area contributed by atoms with Crippen molar-refractivity contribution in [3.8, 4) is 6.07 Å². The van der Waals surface area contributed by atoms with Gasteiger partial charge in [0.25, 0.3) is 5.91 Å². The van der Waals surface area contributed by atoms with Crippen LogP contribution in [0.1, 0.15) is 13.8 Å². The predicted octanol–water partition coefficient (Wildman–Crippen LogP) is 0.379. The third-order valence-electron chi connectivity index (χ3n) is 4.19. The largest absolute Gasteiger partial charge is 0.477 e. The lowest BCUT2D eigenvalue weighted by atomic mass is 10.0. The number of carboxylic acids is 1. The molecule has 1 aromatic rings. The van der Waals surface area contributed by atoms with E-state index in [1.54, 1.807) is 6.92 Å². The van der Waals surface area contributed by atoms with Crippen molar-refractivity contribution in [1.29, 1.82) is 5.26 Å². The van der Waals surface area contributed by atoms with E-state index in [9.17, 15) is 14.7 Å². The monoisotopic (exact) mass is 425 g/mol. The number of rotatable bonds is 6. The van der Waals surface area contributed by atoms with E-state index in [2.05, 4.69) is 25.9 Å². The molecule has 3 rings (SSSR count). The van der Waals surface area contributed by atoms with Crippen molar-refractivity contribution in [2.45, 2.75) is 35.7 Å². The molecule has 1 saturated heterocycles. The topological polar surface area (TPSA) is 148 Å². The summed E-state index contributed by atoms with van der Waals surface area (Å²) in [5.41, 5.74) is 0.624. The SMILES string of the molecule is CC(C#N)C(=S)NC1C(=O)N2C(C(=O)O)=C(C(C)Sc3nnn[nH]3)CS[C@@H]12. The minimum atomic E-state index is -1.15. The van der Waals surface area contributed by atoms with Gasteiger partial charge in [0.1, 0.15) is 17.1 Å². The van der Waals surface area contributed by atoms with E-state index in [4.69, 9.17) is 17.5 Å². The molecule has 1 fully saturated rings. The standard InChI is InChI=1S/C14H15N7O3S3/c1-5(3-15)10(25)16-8-11(22)21-9(13(23)24)7(4-26-12(8)21)6(2)27-14-17-19-20-18-14/h5-6,8,12H,4H2,1-2H3,(H,16,25)(H,23,24)(H,17,18,19,20)/t5?,6?,8?,12-/m0/s1. The van der Waals surface area contributed by atoms with Crippen molar-refractivity contribution in [1.82, 2.24) is 30.8 Å². The molecule has 0 bridgehead atoms. The Morgan fingerprint density at radius 2 is 2.33 bits per heavy atom. The molecule has 0 aromatic carbocycles. The van der Waals surface area contributed by atoms with Crippen molar-refractivity contribution in [2.24, 2.45) is 5.92 Å². The highest BCUT2D eigenvalue weighted by Gasteiger charge is 2.54. The highest BCUT2D eigenvalue weighted by molar-refractivity contribution is 8.01. The number of H-pyrrole nitrogens is 1. The summed E-state index contributed by atoms with van der Waals surface area (Å²) in [6.07, 6.45) is 0. The van der Waals surface area contributed by atoms with E-state index in [1.807, 2.05) is 13.0 Å². The second-order valence-electron chi connectivity index (χ2n) is 5.89. The van der Waals surface area contributed by atoms with Gasteiger partial charge in [0.2, 0.25) is 5.16 Å². The zero-order chi connectivity index (χ0) is 19.7. The molecule has 0 radical (unpaired) electrons. The summed E-state index contributed by atoms with van der Waals surface area (Å²) in [6, 6.07) is 1.39. The van der Waals surface area contributed by atoms with E-state index < -0.39 is 17.9 Å². The smallest absolute Gasteiger partial charge is 0.352 e. The number of nitriles is 1. The van der Waals surface area contributed by atoms with Gasteiger partial charge in [0.15, 0.2) is 0 Å². The van der Waals surface area contributed by atoms with Crippen molar-refractivity contribution >= 4 is 52.6 Å². The summed E-state index contributed by atoms with van der Waals surface area (Å²) in [5, 5.41) is 34.8. The maximum absolute atomic E-state index is 12.6. The molecule has 0 saturated carbocycles. The van der Waals surface area contributed by atoms with E-state index in [1.165, 1.54) is 28.4 Å². The third kappa shape index (κ3) is 3.64. The van der Waals surface area contributed by atoms with E-state index in [0.717, 1.165) is 0 Å². The molecule has 3 N–H and O–H groups in total. The summed E-state index contributed by atoms with van der Waals surface area (Å²) in [7, 11) is 0. The number of carbonyl (C=O) groups is 2. The average Bonchev–Trinajstić information content (AvgIpc) is 3.16. The summed E-state index contributed by atoms with van der Waals surface area (Å²) in [4.78, 5) is 26.1. The number of hydrogen-bond acceptors (Lipinski definition) is 9. The Bertz CT molecular complexity index is 851. The van der Waals surface area contributed by atoms with Gasteiger partial charge in [0.05, 0.1) is 17.0 Å². The molecule has 27 heavy (non-hydrogen) atoms. The van der Waals surface area contributed by atoms with Crippen molar-refractivity contribution in [3.63, 3.8) is 0 Å². The van der Waals surface area contributed by atoms with Gasteiger partial charge < -0.3 is 10.4 Å². The number of carbonyl (C=O) groups excluding carboxylic acids is 1. The molecule has 0 aliphatic carbocycles. The number of thiocarbonyl (C=S) groups is 1. The number of aromatic nitrogens is 4. The first kappa shape index (κ1) is 19.6. The van der Waals surface area contributed by atoms with Crippen LogP contribution in [-0.2, 0) is 9.59 Å². The van der Waals surface area contributed by atoms with Gasteiger partial charge in [0, 0.05) is 11.0 Å². The van der Waals surface area contributed by atoms with Gasteiger partial charge in [-0.3, -0.25) is 9.69 Å². The Kier molecular flexibility index (Phi) is 5.68. The number of hydrogen-bond donors (Lipinski definition) is 3. The van der Waals surface area contributed by atoms with Gasteiger partial charge >= 0.3 is 5.97 Å². The molecule has 0 spiro atoms. The molecule has 13 heteroatoms. The van der Waals surface area contributed by atoms with E-state index in [0.29, 0.717) is 16.5 Å². The fourth-order valence-corrected chi connectivity index (χ4v) is 5.34. The highest BCUT2D eigenvalue weighted by Crippen LogP contribution is 2.43. The molecule has 2 aliphatic rings. The summed E-state index contributed by atoms with van der Waals surface area (Å²) >= 11 is 7.89. The molecule has 3 heterocycles. The predicted molar refractivity (Wildman–Crippen MR) is 102 cm³/mol. The number of fused-ring (bicyclic) bond motifs is 1. The number of nitrogens with zero attached hydrogens (tertiary/aromatic N) is 5. The number of aromatic amines is 1. The van der Waals surface area contributed by atoms with Crippen LogP contribution in [-0.4, -0.2) is 69.9 Å². The fourth-order valence-electron chi connectivity index (χ4n) is 2.73. The number of amides is 1. The quantitative estimate of drug-likeness (QED) is 0.330. The van der Waals surface area contributed by atoms with Crippen LogP contribution >= 0.6 is 35.7 Å². The zero-order valence-corrected chi connectivity index (χ0v) is 16.7. The van der Waals surface area contributed by atoms with Crippen LogP contribution in [0.5, 0.6) is 0 Å². The summed E-state index contributed by atoms with van der Waals surface area (Å²) < 4.78 is 0. The van der Waals surface area contributed by atoms with Crippen LogP contribution in [0.2, 0.25) is 0 Å². The maximum Gasteiger partial charge on any atom is 0.352 e. The Morgan fingerprint density at radius 3 is 2.93 bits per heavy atom. The Morgan fingerprint density at radius 1 is 1.59 bits per heavy atom. The van der Waals surface area contributed by atoms with Crippen LogP contribution in [0.3, 0.4) is 0 Å². The van der Waals surface area contributed by atoms with Crippen molar-refractivity contribution in [2.75, 3.05) is 5.75 Å². The minimum Gasteiger partial charge on any atom is -0.477 e. The number of aliphatic carboxylic acids is 1. The van der Waals surface area contributed by atoms with Gasteiger partial charge in [-0.1, -0.05) is 24.0 Å². The Balaban J connectivity index is 1.80. The molecule has 2 aliphatic heterocycles. The van der Waals surface area contributed by atoms with Crippen molar-refractivity contribution in [3.05, 3.63) is 11.3 Å². The van der Waals surface area contributed by atoms with Crippen LogP contribution in [0, 0.1) is 17.2 Å². The van der Waals surface area contributed by atoms with Crippen LogP contribution in [0.25, 0.3) is 0 Å². The molecule has 10 nitrogen and oxygen atoms in total. The van der Waals surface area contributed by atoms with Crippen LogP contribution in [0.4, 0.5) is 0 Å². The van der Waals surface area contributed by atoms with Crippen molar-refractivity contribution < 1.29 is 14.7 Å². The Hall–Kier alpha value is -2.17. The first-order chi connectivity index (χ1) is 12.8. The molecule has 3 unspecified atom stereocenters. The number of carboxylic acid groups (broad SMARTS) is 1. The van der Waals surface area contributed by atoms with Crippen LogP contribution in [0.15, 0.2) is 16.4 Å². The summed E-state index contributed by atoms with van der Waals surface area (Å²) in [5.74, 6) is -1.59. The van der Waals surface area contributed by atoms with Gasteiger partial charge in [-0.25, -0.2) is 9.89 Å². The molecule has 142 valence electrons. The van der Waals surface area contributed by atoms with Gasteiger partial charge in [-0.2, -0.15) is 5.26 Å². The molecular formula is C14H15N7O3S3. The lowest BCUT2D eigenvalue weighted by Gasteiger charge is -2.50. The first-order valence-electron chi connectivity index (χ1n) is 7.86.